The number of benzene rings is 1. The molecule has 0 bridgehead atoms. The summed E-state index contributed by atoms with van der Waals surface area (Å²) in [5, 5.41) is 3.39. The average Bonchev–Trinajstić information content (AvgIpc) is 3.29. The largest absolute Gasteiger partial charge is 0.375 e. The molecule has 0 aromatic heterocycles. The maximum atomic E-state index is 12.6. The van der Waals surface area contributed by atoms with Crippen LogP contribution in [0.5, 0.6) is 0 Å². The number of hydrogen-bond acceptors (Lipinski definition) is 5. The van der Waals surface area contributed by atoms with Gasteiger partial charge in [0.15, 0.2) is 5.96 Å². The summed E-state index contributed by atoms with van der Waals surface area (Å²) in [6, 6.07) is 6.92. The van der Waals surface area contributed by atoms with Gasteiger partial charge in [0.05, 0.1) is 17.6 Å². The fraction of sp³-hybridized carbons (Fsp3) is 0.667. The van der Waals surface area contributed by atoms with E-state index in [9.17, 15) is 8.42 Å². The van der Waals surface area contributed by atoms with E-state index >= 15 is 0 Å². The quantitative estimate of drug-likeness (QED) is 0.537. The number of aliphatic imine (C=N–C) groups is 1. The zero-order valence-electron chi connectivity index (χ0n) is 18.4. The minimum atomic E-state index is -3.47. The lowest BCUT2D eigenvalue weighted by atomic mass is 10.1. The minimum Gasteiger partial charge on any atom is -0.375 e. The van der Waals surface area contributed by atoms with E-state index in [1.54, 1.807) is 26.2 Å². The first kappa shape index (κ1) is 23.0. The number of morpholine rings is 1. The lowest BCUT2D eigenvalue weighted by molar-refractivity contribution is -0.0817. The van der Waals surface area contributed by atoms with Gasteiger partial charge in [0.2, 0.25) is 10.0 Å². The van der Waals surface area contributed by atoms with Crippen LogP contribution in [0.25, 0.3) is 0 Å². The first-order valence-corrected chi connectivity index (χ1v) is 12.0. The Kier molecular flexibility index (Phi) is 7.73. The molecule has 30 heavy (non-hydrogen) atoms. The van der Waals surface area contributed by atoms with E-state index in [1.165, 1.54) is 4.31 Å². The molecule has 0 spiro atoms. The van der Waals surface area contributed by atoms with Crippen molar-refractivity contribution in [2.75, 3.05) is 40.4 Å². The van der Waals surface area contributed by atoms with E-state index in [0.717, 1.165) is 44.1 Å². The second kappa shape index (κ2) is 10.1. The number of rotatable bonds is 6. The van der Waals surface area contributed by atoms with Gasteiger partial charge in [-0.15, -0.1) is 0 Å². The predicted octanol–water partition coefficient (Wildman–Crippen LogP) is 1.67. The summed E-state index contributed by atoms with van der Waals surface area (Å²) < 4.78 is 38.3. The van der Waals surface area contributed by atoms with Gasteiger partial charge >= 0.3 is 0 Å². The molecule has 2 saturated heterocycles. The highest BCUT2D eigenvalue weighted by Gasteiger charge is 2.32. The Balaban J connectivity index is 1.58. The molecule has 2 aliphatic heterocycles. The van der Waals surface area contributed by atoms with Crippen molar-refractivity contribution in [3.05, 3.63) is 29.8 Å². The maximum absolute atomic E-state index is 12.6. The van der Waals surface area contributed by atoms with E-state index in [-0.39, 0.29) is 18.2 Å². The van der Waals surface area contributed by atoms with Crippen LogP contribution >= 0.6 is 0 Å². The highest BCUT2D eigenvalue weighted by atomic mass is 32.2. The first-order valence-electron chi connectivity index (χ1n) is 10.6. The van der Waals surface area contributed by atoms with E-state index in [4.69, 9.17) is 9.47 Å². The topological polar surface area (TPSA) is 83.5 Å². The molecule has 3 rings (SSSR count). The smallest absolute Gasteiger partial charge is 0.243 e. The number of ether oxygens (including phenoxy) is 2. The van der Waals surface area contributed by atoms with Gasteiger partial charge in [0.1, 0.15) is 6.10 Å². The minimum absolute atomic E-state index is 0.0715. The lowest BCUT2D eigenvalue weighted by Crippen LogP contribution is -2.53. The van der Waals surface area contributed by atoms with E-state index in [1.807, 2.05) is 26.0 Å². The molecule has 2 unspecified atom stereocenters. The molecule has 0 radical (unpaired) electrons. The summed E-state index contributed by atoms with van der Waals surface area (Å²) in [7, 11) is -0.0902. The maximum Gasteiger partial charge on any atom is 0.243 e. The lowest BCUT2D eigenvalue weighted by Gasteiger charge is -2.37. The zero-order valence-corrected chi connectivity index (χ0v) is 19.2. The zero-order chi connectivity index (χ0) is 21.7. The van der Waals surface area contributed by atoms with Crippen LogP contribution in [-0.2, 0) is 26.0 Å². The van der Waals surface area contributed by atoms with Crippen molar-refractivity contribution in [3.8, 4) is 0 Å². The van der Waals surface area contributed by atoms with Crippen LogP contribution in [0.1, 0.15) is 32.3 Å². The molecule has 2 fully saturated rings. The van der Waals surface area contributed by atoms with Crippen molar-refractivity contribution >= 4 is 16.0 Å². The fourth-order valence-corrected chi connectivity index (χ4v) is 5.09. The number of nitrogens with zero attached hydrogens (tertiary/aromatic N) is 3. The highest BCUT2D eigenvalue weighted by Crippen LogP contribution is 2.21. The van der Waals surface area contributed by atoms with Crippen LogP contribution in [0.15, 0.2) is 34.2 Å². The molecule has 1 aromatic rings. The Hall–Kier alpha value is -1.68. The van der Waals surface area contributed by atoms with Gasteiger partial charge in [-0.3, -0.25) is 4.99 Å². The van der Waals surface area contributed by atoms with Gasteiger partial charge in [0.25, 0.3) is 0 Å². The van der Waals surface area contributed by atoms with Crippen LogP contribution in [-0.4, -0.2) is 82.2 Å². The van der Waals surface area contributed by atoms with Crippen molar-refractivity contribution in [3.63, 3.8) is 0 Å². The van der Waals surface area contributed by atoms with Crippen LogP contribution in [0, 0.1) is 0 Å². The Labute approximate surface area is 180 Å². The predicted molar refractivity (Wildman–Crippen MR) is 117 cm³/mol. The fourth-order valence-electron chi connectivity index (χ4n) is 3.73. The second-order valence-electron chi connectivity index (χ2n) is 8.07. The number of sulfonamides is 1. The molecule has 168 valence electrons. The van der Waals surface area contributed by atoms with Gasteiger partial charge in [-0.2, -0.15) is 4.31 Å². The standard InChI is InChI=1S/C21H34N4O4S/c1-16(2)24(4)30(26,27)18-9-7-17(8-10-18)14-23-21(22-3)25-11-13-29-20(15-25)19-6-5-12-28-19/h7-10,16,19-20H,5-6,11-15H2,1-4H3,(H,22,23). The van der Waals surface area contributed by atoms with Gasteiger partial charge in [0, 0.05) is 46.4 Å². The average molecular weight is 439 g/mol. The van der Waals surface area contributed by atoms with E-state index in [0.29, 0.717) is 18.0 Å². The molecule has 2 atom stereocenters. The van der Waals surface area contributed by atoms with Crippen LogP contribution in [0.3, 0.4) is 0 Å². The molecule has 1 aromatic carbocycles. The van der Waals surface area contributed by atoms with Crippen molar-refractivity contribution in [1.29, 1.82) is 0 Å². The van der Waals surface area contributed by atoms with Gasteiger partial charge in [-0.25, -0.2) is 8.42 Å². The summed E-state index contributed by atoms with van der Waals surface area (Å²) in [5.74, 6) is 0.817. The molecule has 9 heteroatoms. The molecule has 0 saturated carbocycles. The van der Waals surface area contributed by atoms with Gasteiger partial charge in [-0.05, 0) is 44.4 Å². The van der Waals surface area contributed by atoms with Gasteiger partial charge in [-0.1, -0.05) is 12.1 Å². The third-order valence-corrected chi connectivity index (χ3v) is 7.81. The molecule has 2 aliphatic rings. The monoisotopic (exact) mass is 438 g/mol. The van der Waals surface area contributed by atoms with Crippen LogP contribution in [0.2, 0.25) is 0 Å². The van der Waals surface area contributed by atoms with Gasteiger partial charge < -0.3 is 19.7 Å². The number of hydrogen-bond donors (Lipinski definition) is 1. The Morgan fingerprint density at radius 2 is 1.93 bits per heavy atom. The molecular weight excluding hydrogens is 404 g/mol. The second-order valence-corrected chi connectivity index (χ2v) is 10.1. The van der Waals surface area contributed by atoms with Crippen molar-refractivity contribution in [2.24, 2.45) is 4.99 Å². The Morgan fingerprint density at radius 1 is 1.23 bits per heavy atom. The Bertz CT molecular complexity index is 820. The summed E-state index contributed by atoms with van der Waals surface area (Å²) in [6.45, 7) is 7.28. The highest BCUT2D eigenvalue weighted by molar-refractivity contribution is 7.89. The van der Waals surface area contributed by atoms with Crippen molar-refractivity contribution in [1.82, 2.24) is 14.5 Å². The Morgan fingerprint density at radius 3 is 2.53 bits per heavy atom. The molecular formula is C21H34N4O4S. The van der Waals surface area contributed by atoms with Crippen LogP contribution < -0.4 is 5.32 Å². The van der Waals surface area contributed by atoms with E-state index < -0.39 is 10.0 Å². The third kappa shape index (κ3) is 5.32. The normalized spacial score (nSPS) is 23.4. The molecule has 2 heterocycles. The summed E-state index contributed by atoms with van der Waals surface area (Å²) in [6.07, 6.45) is 2.38. The molecule has 1 N–H and O–H groups in total. The van der Waals surface area contributed by atoms with Crippen molar-refractivity contribution < 1.29 is 17.9 Å². The SMILES string of the molecule is CN=C(NCc1ccc(S(=O)(=O)N(C)C(C)C)cc1)N1CCOC(C2CCCO2)C1. The molecule has 0 amide bonds. The van der Waals surface area contributed by atoms with E-state index in [2.05, 4.69) is 15.2 Å². The van der Waals surface area contributed by atoms with Crippen molar-refractivity contribution in [2.45, 2.75) is 56.4 Å². The molecule has 0 aliphatic carbocycles. The van der Waals surface area contributed by atoms with Crippen LogP contribution in [0.4, 0.5) is 0 Å². The number of nitrogens with one attached hydrogen (secondary N) is 1. The summed E-state index contributed by atoms with van der Waals surface area (Å²) >= 11 is 0. The molecule has 8 nitrogen and oxygen atoms in total. The summed E-state index contributed by atoms with van der Waals surface area (Å²) in [5.41, 5.74) is 0.992. The summed E-state index contributed by atoms with van der Waals surface area (Å²) in [4.78, 5) is 6.93. The third-order valence-electron chi connectivity index (χ3n) is 5.76. The first-order chi connectivity index (χ1) is 14.3. The number of guanidine groups is 1.